The number of urea groups is 1. The number of carbonyl (C=O) groups excluding carboxylic acids is 1. The Kier molecular flexibility index (Phi) is 5.43. The molecule has 9 heteroatoms. The molecule has 0 spiro atoms. The van der Waals surface area contributed by atoms with Crippen LogP contribution >= 0.6 is 0 Å². The van der Waals surface area contributed by atoms with Gasteiger partial charge < -0.3 is 15.5 Å². The standard InChI is InChI=1S/C21H20F3N5O/c22-21(23,24)14-8-9-19(26-12-14)29-11-3-4-15(13-29)27-20(30)28-18-7-1-6-17-16(18)5-2-10-25-17/h1-2,5-10,12,15H,3-4,11,13H2,(H2,27,28,30). The van der Waals surface area contributed by atoms with E-state index in [2.05, 4.69) is 20.6 Å². The number of alkyl halides is 3. The van der Waals surface area contributed by atoms with Crippen LogP contribution in [0.1, 0.15) is 18.4 Å². The van der Waals surface area contributed by atoms with E-state index in [1.54, 1.807) is 6.20 Å². The van der Waals surface area contributed by atoms with Crippen LogP contribution in [0.3, 0.4) is 0 Å². The molecule has 1 unspecified atom stereocenters. The highest BCUT2D eigenvalue weighted by molar-refractivity contribution is 6.00. The lowest BCUT2D eigenvalue weighted by Gasteiger charge is -2.34. The molecule has 4 rings (SSSR count). The smallest absolute Gasteiger partial charge is 0.355 e. The second kappa shape index (κ2) is 8.17. The Bertz CT molecular complexity index is 1030. The number of nitrogens with one attached hydrogen (secondary N) is 2. The summed E-state index contributed by atoms with van der Waals surface area (Å²) in [7, 11) is 0. The third-order valence-corrected chi connectivity index (χ3v) is 5.05. The number of nitrogens with zero attached hydrogens (tertiary/aromatic N) is 3. The van der Waals surface area contributed by atoms with Crippen molar-refractivity contribution in [1.29, 1.82) is 0 Å². The summed E-state index contributed by atoms with van der Waals surface area (Å²) in [6, 6.07) is 11.1. The number of aromatic nitrogens is 2. The van der Waals surface area contributed by atoms with Gasteiger partial charge in [-0.2, -0.15) is 13.2 Å². The number of hydrogen-bond acceptors (Lipinski definition) is 4. The molecule has 1 saturated heterocycles. The Morgan fingerprint density at radius 1 is 1.10 bits per heavy atom. The molecule has 1 atom stereocenters. The third kappa shape index (κ3) is 4.45. The van der Waals surface area contributed by atoms with Gasteiger partial charge in [0.05, 0.1) is 16.8 Å². The Labute approximate surface area is 171 Å². The summed E-state index contributed by atoms with van der Waals surface area (Å²) in [6.45, 7) is 1.15. The molecule has 2 N–H and O–H groups in total. The van der Waals surface area contributed by atoms with E-state index in [-0.39, 0.29) is 12.1 Å². The van der Waals surface area contributed by atoms with Gasteiger partial charge in [-0.3, -0.25) is 4.98 Å². The molecule has 6 nitrogen and oxygen atoms in total. The van der Waals surface area contributed by atoms with E-state index in [0.717, 1.165) is 36.0 Å². The van der Waals surface area contributed by atoms with Crippen LogP contribution in [0.25, 0.3) is 10.9 Å². The second-order valence-electron chi connectivity index (χ2n) is 7.16. The van der Waals surface area contributed by atoms with Gasteiger partial charge in [0.2, 0.25) is 0 Å². The summed E-state index contributed by atoms with van der Waals surface area (Å²) >= 11 is 0. The van der Waals surface area contributed by atoms with Crippen LogP contribution in [-0.4, -0.2) is 35.1 Å². The van der Waals surface area contributed by atoms with Crippen molar-refractivity contribution >= 4 is 28.4 Å². The Morgan fingerprint density at radius 2 is 1.97 bits per heavy atom. The maximum Gasteiger partial charge on any atom is 0.417 e. The first-order chi connectivity index (χ1) is 14.4. The van der Waals surface area contributed by atoms with Crippen molar-refractivity contribution in [2.75, 3.05) is 23.3 Å². The summed E-state index contributed by atoms with van der Waals surface area (Å²) in [4.78, 5) is 22.6. The van der Waals surface area contributed by atoms with Crippen molar-refractivity contribution in [3.05, 3.63) is 60.4 Å². The average molecular weight is 415 g/mol. The van der Waals surface area contributed by atoms with Gasteiger partial charge in [0.1, 0.15) is 5.82 Å². The molecule has 1 aliphatic heterocycles. The van der Waals surface area contributed by atoms with Gasteiger partial charge in [-0.25, -0.2) is 9.78 Å². The van der Waals surface area contributed by atoms with Gasteiger partial charge in [-0.05, 0) is 49.2 Å². The van der Waals surface area contributed by atoms with Crippen LogP contribution in [-0.2, 0) is 6.18 Å². The normalized spacial score (nSPS) is 17.0. The molecule has 2 amide bonds. The Hall–Kier alpha value is -3.36. The molecule has 156 valence electrons. The maximum atomic E-state index is 12.7. The molecule has 0 radical (unpaired) electrons. The van der Waals surface area contributed by atoms with Crippen LogP contribution in [0.4, 0.5) is 29.5 Å². The number of rotatable bonds is 3. The third-order valence-electron chi connectivity index (χ3n) is 5.05. The van der Waals surface area contributed by atoms with E-state index in [0.29, 0.717) is 24.6 Å². The maximum absolute atomic E-state index is 12.7. The number of hydrogen-bond donors (Lipinski definition) is 2. The number of carbonyl (C=O) groups is 1. The monoisotopic (exact) mass is 415 g/mol. The molecule has 0 bridgehead atoms. The molecular formula is C21H20F3N5O. The minimum atomic E-state index is -4.41. The van der Waals surface area contributed by atoms with E-state index in [4.69, 9.17) is 0 Å². The second-order valence-corrected chi connectivity index (χ2v) is 7.16. The van der Waals surface area contributed by atoms with Crippen LogP contribution in [0.15, 0.2) is 54.9 Å². The average Bonchev–Trinajstić information content (AvgIpc) is 2.74. The van der Waals surface area contributed by atoms with Crippen LogP contribution < -0.4 is 15.5 Å². The van der Waals surface area contributed by atoms with E-state index in [1.165, 1.54) is 6.07 Å². The summed E-state index contributed by atoms with van der Waals surface area (Å²) < 4.78 is 38.2. The summed E-state index contributed by atoms with van der Waals surface area (Å²) in [5, 5.41) is 6.65. The molecule has 1 aromatic carbocycles. The van der Waals surface area contributed by atoms with Crippen molar-refractivity contribution in [3.8, 4) is 0 Å². The minimum absolute atomic E-state index is 0.143. The lowest BCUT2D eigenvalue weighted by molar-refractivity contribution is -0.137. The minimum Gasteiger partial charge on any atom is -0.355 e. The van der Waals surface area contributed by atoms with Crippen molar-refractivity contribution in [2.45, 2.75) is 25.1 Å². The predicted molar refractivity (Wildman–Crippen MR) is 108 cm³/mol. The summed E-state index contributed by atoms with van der Waals surface area (Å²) in [5.74, 6) is 0.468. The summed E-state index contributed by atoms with van der Waals surface area (Å²) in [5.41, 5.74) is 0.671. The van der Waals surface area contributed by atoms with Crippen molar-refractivity contribution in [1.82, 2.24) is 15.3 Å². The SMILES string of the molecule is O=C(Nc1cccc2ncccc12)NC1CCCN(c2ccc(C(F)(F)F)cn2)C1. The number of pyridine rings is 2. The molecule has 2 aromatic heterocycles. The van der Waals surface area contributed by atoms with E-state index in [1.807, 2.05) is 35.2 Å². The van der Waals surface area contributed by atoms with Gasteiger partial charge in [0.25, 0.3) is 0 Å². The van der Waals surface area contributed by atoms with Crippen molar-refractivity contribution in [3.63, 3.8) is 0 Å². The molecular weight excluding hydrogens is 395 g/mol. The highest BCUT2D eigenvalue weighted by atomic mass is 19.4. The molecule has 1 aliphatic rings. The van der Waals surface area contributed by atoms with E-state index >= 15 is 0 Å². The van der Waals surface area contributed by atoms with E-state index < -0.39 is 11.7 Å². The van der Waals surface area contributed by atoms with Crippen LogP contribution in [0.2, 0.25) is 0 Å². The quantitative estimate of drug-likeness (QED) is 0.664. The molecule has 30 heavy (non-hydrogen) atoms. The number of anilines is 2. The molecule has 0 saturated carbocycles. The van der Waals surface area contributed by atoms with Crippen LogP contribution in [0.5, 0.6) is 0 Å². The van der Waals surface area contributed by atoms with Crippen LogP contribution in [0, 0.1) is 0 Å². The predicted octanol–water partition coefficient (Wildman–Crippen LogP) is 4.44. The van der Waals surface area contributed by atoms with Gasteiger partial charge in [-0.15, -0.1) is 0 Å². The zero-order chi connectivity index (χ0) is 21.1. The van der Waals surface area contributed by atoms with Gasteiger partial charge in [0.15, 0.2) is 0 Å². The Morgan fingerprint density at radius 3 is 2.73 bits per heavy atom. The van der Waals surface area contributed by atoms with Crippen molar-refractivity contribution in [2.24, 2.45) is 0 Å². The lowest BCUT2D eigenvalue weighted by Crippen LogP contribution is -2.49. The lowest BCUT2D eigenvalue weighted by atomic mass is 10.1. The first kappa shape index (κ1) is 19.9. The zero-order valence-electron chi connectivity index (χ0n) is 16.0. The molecule has 3 heterocycles. The van der Waals surface area contributed by atoms with Crippen molar-refractivity contribution < 1.29 is 18.0 Å². The first-order valence-corrected chi connectivity index (χ1v) is 9.59. The summed E-state index contributed by atoms with van der Waals surface area (Å²) in [6.07, 6.45) is -0.300. The number of amides is 2. The fourth-order valence-electron chi connectivity index (χ4n) is 3.60. The fourth-order valence-corrected chi connectivity index (χ4v) is 3.60. The number of fused-ring (bicyclic) bond motifs is 1. The molecule has 3 aromatic rings. The molecule has 0 aliphatic carbocycles. The first-order valence-electron chi connectivity index (χ1n) is 9.59. The van der Waals surface area contributed by atoms with Gasteiger partial charge >= 0.3 is 12.2 Å². The highest BCUT2D eigenvalue weighted by Gasteiger charge is 2.31. The van der Waals surface area contributed by atoms with E-state index in [9.17, 15) is 18.0 Å². The number of benzene rings is 1. The number of piperidine rings is 1. The zero-order valence-corrected chi connectivity index (χ0v) is 16.0. The van der Waals surface area contributed by atoms with Gasteiger partial charge in [0, 0.05) is 36.9 Å². The van der Waals surface area contributed by atoms with Gasteiger partial charge in [-0.1, -0.05) is 6.07 Å². The fraction of sp³-hybridized carbons (Fsp3) is 0.286. The largest absolute Gasteiger partial charge is 0.417 e. The topological polar surface area (TPSA) is 70.2 Å². The number of halogens is 3. The molecule has 1 fully saturated rings. The Balaban J connectivity index is 1.39. The highest BCUT2D eigenvalue weighted by Crippen LogP contribution is 2.30.